The summed E-state index contributed by atoms with van der Waals surface area (Å²) in [4.78, 5) is 0. The maximum atomic E-state index is 5.69. The molecule has 0 amide bonds. The Hall–Kier alpha value is -1.06. The molecule has 82 valence electrons. The van der Waals surface area contributed by atoms with E-state index in [0.717, 1.165) is 31.0 Å². The van der Waals surface area contributed by atoms with Gasteiger partial charge in [-0.05, 0) is 30.2 Å². The molecule has 15 heavy (non-hydrogen) atoms. The molecule has 1 aliphatic rings. The lowest BCUT2D eigenvalue weighted by Crippen LogP contribution is -2.33. The highest BCUT2D eigenvalue weighted by atomic mass is 16.5. The van der Waals surface area contributed by atoms with Crippen molar-refractivity contribution in [1.29, 1.82) is 0 Å². The minimum Gasteiger partial charge on any atom is -0.496 e. The fourth-order valence-corrected chi connectivity index (χ4v) is 1.88. The highest BCUT2D eigenvalue weighted by Crippen LogP contribution is 2.24. The van der Waals surface area contributed by atoms with Crippen LogP contribution in [-0.2, 0) is 4.74 Å². The van der Waals surface area contributed by atoms with Crippen LogP contribution >= 0.6 is 0 Å². The third kappa shape index (κ3) is 2.30. The Bertz CT molecular complexity index is 332. The zero-order chi connectivity index (χ0) is 10.7. The van der Waals surface area contributed by atoms with E-state index in [1.807, 2.05) is 6.07 Å². The number of aryl methyl sites for hydroxylation is 1. The van der Waals surface area contributed by atoms with Gasteiger partial charge in [-0.1, -0.05) is 6.07 Å². The van der Waals surface area contributed by atoms with E-state index in [2.05, 4.69) is 24.4 Å². The van der Waals surface area contributed by atoms with Crippen LogP contribution in [0, 0.1) is 6.92 Å². The van der Waals surface area contributed by atoms with Crippen molar-refractivity contribution in [2.75, 3.05) is 26.8 Å². The van der Waals surface area contributed by atoms with Crippen molar-refractivity contribution in [1.82, 2.24) is 5.32 Å². The van der Waals surface area contributed by atoms with Gasteiger partial charge >= 0.3 is 0 Å². The topological polar surface area (TPSA) is 30.5 Å². The van der Waals surface area contributed by atoms with E-state index in [1.165, 1.54) is 5.56 Å². The fraction of sp³-hybridized carbons (Fsp3) is 0.500. The molecule has 1 aliphatic heterocycles. The molecule has 1 fully saturated rings. The maximum Gasteiger partial charge on any atom is 0.121 e. The molecular formula is C12H17NO2. The minimum atomic E-state index is 0.184. The molecular weight excluding hydrogens is 190 g/mol. The normalized spacial score (nSPS) is 21.3. The van der Waals surface area contributed by atoms with Crippen molar-refractivity contribution in [3.63, 3.8) is 0 Å². The van der Waals surface area contributed by atoms with E-state index in [9.17, 15) is 0 Å². The van der Waals surface area contributed by atoms with Gasteiger partial charge in [-0.25, -0.2) is 0 Å². The Morgan fingerprint density at radius 2 is 2.33 bits per heavy atom. The molecule has 0 radical (unpaired) electrons. The van der Waals surface area contributed by atoms with Crippen LogP contribution in [-0.4, -0.2) is 26.8 Å². The van der Waals surface area contributed by atoms with Gasteiger partial charge in [0.2, 0.25) is 0 Å². The molecule has 1 N–H and O–H groups in total. The highest BCUT2D eigenvalue weighted by molar-refractivity contribution is 5.37. The Morgan fingerprint density at radius 1 is 1.47 bits per heavy atom. The number of hydrogen-bond donors (Lipinski definition) is 1. The summed E-state index contributed by atoms with van der Waals surface area (Å²) in [6, 6.07) is 6.21. The lowest BCUT2D eigenvalue weighted by molar-refractivity contribution is 0.0276. The van der Waals surface area contributed by atoms with Gasteiger partial charge in [-0.2, -0.15) is 0 Å². The lowest BCUT2D eigenvalue weighted by Gasteiger charge is -2.24. The molecule has 1 unspecified atom stereocenters. The number of methoxy groups -OCH3 is 1. The number of hydrogen-bond acceptors (Lipinski definition) is 3. The molecule has 1 aromatic rings. The van der Waals surface area contributed by atoms with Crippen molar-refractivity contribution >= 4 is 0 Å². The Balaban J connectivity index is 2.17. The summed E-state index contributed by atoms with van der Waals surface area (Å²) in [6.45, 7) is 4.69. The van der Waals surface area contributed by atoms with Crippen LogP contribution in [0.2, 0.25) is 0 Å². The first kappa shape index (κ1) is 10.5. The molecule has 1 heterocycles. The zero-order valence-corrected chi connectivity index (χ0v) is 9.25. The second-order valence-electron chi connectivity index (χ2n) is 3.79. The smallest absolute Gasteiger partial charge is 0.121 e. The first-order valence-electron chi connectivity index (χ1n) is 5.28. The summed E-state index contributed by atoms with van der Waals surface area (Å²) in [6.07, 6.45) is 0.184. The van der Waals surface area contributed by atoms with E-state index in [4.69, 9.17) is 9.47 Å². The van der Waals surface area contributed by atoms with E-state index >= 15 is 0 Å². The average molecular weight is 207 g/mol. The molecule has 1 atom stereocenters. The van der Waals surface area contributed by atoms with Crippen LogP contribution < -0.4 is 10.1 Å². The van der Waals surface area contributed by atoms with Gasteiger partial charge in [-0.15, -0.1) is 0 Å². The summed E-state index contributed by atoms with van der Waals surface area (Å²) < 4.78 is 10.9. The molecule has 0 spiro atoms. The summed E-state index contributed by atoms with van der Waals surface area (Å²) in [5, 5.41) is 3.33. The molecule has 1 saturated heterocycles. The predicted molar refractivity (Wildman–Crippen MR) is 59.3 cm³/mol. The fourth-order valence-electron chi connectivity index (χ4n) is 1.88. The Labute approximate surface area is 90.4 Å². The van der Waals surface area contributed by atoms with Gasteiger partial charge in [0.15, 0.2) is 0 Å². The summed E-state index contributed by atoms with van der Waals surface area (Å²) in [7, 11) is 1.70. The summed E-state index contributed by atoms with van der Waals surface area (Å²) in [5.41, 5.74) is 2.38. The van der Waals surface area contributed by atoms with Crippen LogP contribution in [0.25, 0.3) is 0 Å². The van der Waals surface area contributed by atoms with Crippen molar-refractivity contribution in [3.8, 4) is 5.75 Å². The van der Waals surface area contributed by atoms with Crippen LogP contribution in [0.3, 0.4) is 0 Å². The molecule has 2 rings (SSSR count). The van der Waals surface area contributed by atoms with Crippen LogP contribution in [0.15, 0.2) is 18.2 Å². The van der Waals surface area contributed by atoms with Crippen molar-refractivity contribution in [3.05, 3.63) is 29.3 Å². The highest BCUT2D eigenvalue weighted by Gasteiger charge is 2.16. The van der Waals surface area contributed by atoms with E-state index in [-0.39, 0.29) is 6.10 Å². The molecule has 3 nitrogen and oxygen atoms in total. The summed E-state index contributed by atoms with van der Waals surface area (Å²) >= 11 is 0. The SMILES string of the molecule is COc1ccc(C2CNCCO2)cc1C. The Morgan fingerprint density at radius 3 is 2.93 bits per heavy atom. The van der Waals surface area contributed by atoms with Crippen LogP contribution in [0.4, 0.5) is 0 Å². The van der Waals surface area contributed by atoms with Gasteiger partial charge in [0, 0.05) is 13.1 Å². The first-order valence-corrected chi connectivity index (χ1v) is 5.28. The number of morpholine rings is 1. The molecule has 0 aromatic heterocycles. The molecule has 0 aliphatic carbocycles. The van der Waals surface area contributed by atoms with E-state index in [1.54, 1.807) is 7.11 Å². The van der Waals surface area contributed by atoms with Crippen molar-refractivity contribution < 1.29 is 9.47 Å². The Kier molecular flexibility index (Phi) is 3.23. The lowest BCUT2D eigenvalue weighted by atomic mass is 10.1. The standard InChI is InChI=1S/C12H17NO2/c1-9-7-10(3-4-11(9)14-2)12-8-13-5-6-15-12/h3-4,7,12-13H,5-6,8H2,1-2H3. The van der Waals surface area contributed by atoms with Gasteiger partial charge in [-0.3, -0.25) is 0 Å². The number of benzene rings is 1. The molecule has 3 heteroatoms. The third-order valence-electron chi connectivity index (χ3n) is 2.72. The quantitative estimate of drug-likeness (QED) is 0.800. The number of ether oxygens (including phenoxy) is 2. The van der Waals surface area contributed by atoms with Gasteiger partial charge in [0.1, 0.15) is 5.75 Å². The van der Waals surface area contributed by atoms with Gasteiger partial charge in [0.05, 0.1) is 19.8 Å². The van der Waals surface area contributed by atoms with E-state index in [0.29, 0.717) is 0 Å². The predicted octanol–water partition coefficient (Wildman–Crippen LogP) is 1.66. The average Bonchev–Trinajstić information content (AvgIpc) is 2.30. The van der Waals surface area contributed by atoms with Crippen LogP contribution in [0.5, 0.6) is 5.75 Å². The second kappa shape index (κ2) is 4.64. The third-order valence-corrected chi connectivity index (χ3v) is 2.72. The molecule has 0 bridgehead atoms. The monoisotopic (exact) mass is 207 g/mol. The first-order chi connectivity index (χ1) is 7.31. The van der Waals surface area contributed by atoms with Crippen LogP contribution in [0.1, 0.15) is 17.2 Å². The minimum absolute atomic E-state index is 0.184. The van der Waals surface area contributed by atoms with Crippen molar-refractivity contribution in [2.24, 2.45) is 0 Å². The summed E-state index contributed by atoms with van der Waals surface area (Å²) in [5.74, 6) is 0.933. The number of rotatable bonds is 2. The molecule has 1 aromatic carbocycles. The maximum absolute atomic E-state index is 5.69. The van der Waals surface area contributed by atoms with Crippen molar-refractivity contribution in [2.45, 2.75) is 13.0 Å². The zero-order valence-electron chi connectivity index (χ0n) is 9.25. The largest absolute Gasteiger partial charge is 0.496 e. The van der Waals surface area contributed by atoms with E-state index < -0.39 is 0 Å². The van der Waals surface area contributed by atoms with Gasteiger partial charge < -0.3 is 14.8 Å². The molecule has 0 saturated carbocycles. The second-order valence-corrected chi connectivity index (χ2v) is 3.79. The number of nitrogens with one attached hydrogen (secondary N) is 1. The van der Waals surface area contributed by atoms with Gasteiger partial charge in [0.25, 0.3) is 0 Å².